The first-order chi connectivity index (χ1) is 7.27. The molecule has 0 aliphatic carbocycles. The molecule has 0 aromatic carbocycles. The monoisotopic (exact) mass is 211 g/mol. The summed E-state index contributed by atoms with van der Waals surface area (Å²) >= 11 is 0. The van der Waals surface area contributed by atoms with E-state index in [-0.39, 0.29) is 12.5 Å². The maximum atomic E-state index is 10.8. The molecular weight excluding hydrogens is 194 g/mol. The summed E-state index contributed by atoms with van der Waals surface area (Å²) < 4.78 is 6.59. The van der Waals surface area contributed by atoms with Crippen LogP contribution in [-0.4, -0.2) is 29.2 Å². The number of nitrogens with zero attached hydrogens (tertiary/aromatic N) is 2. The minimum absolute atomic E-state index is 0.218. The Hall–Kier alpha value is -1.36. The second-order valence-electron chi connectivity index (χ2n) is 3.22. The Bertz CT molecular complexity index is 309. The largest absolute Gasteiger partial charge is 0.468 e. The molecule has 5 nitrogen and oxygen atoms in total. The van der Waals surface area contributed by atoms with E-state index in [1.54, 1.807) is 6.20 Å². The molecule has 1 heterocycles. The minimum atomic E-state index is -0.261. The van der Waals surface area contributed by atoms with E-state index in [1.165, 1.54) is 7.11 Å². The molecule has 0 saturated heterocycles. The summed E-state index contributed by atoms with van der Waals surface area (Å²) in [7, 11) is 1.38. The number of aromatic nitrogens is 2. The van der Waals surface area contributed by atoms with Gasteiger partial charge in [-0.05, 0) is 6.42 Å². The predicted molar refractivity (Wildman–Crippen MR) is 56.2 cm³/mol. The van der Waals surface area contributed by atoms with Crippen molar-refractivity contribution in [3.63, 3.8) is 0 Å². The number of esters is 1. The van der Waals surface area contributed by atoms with E-state index in [9.17, 15) is 4.79 Å². The molecule has 0 atom stereocenters. The third-order valence-corrected chi connectivity index (χ3v) is 2.05. The fraction of sp³-hybridized carbons (Fsp3) is 0.600. The number of aryl methyl sites for hydroxylation is 1. The Kier molecular flexibility index (Phi) is 4.83. The van der Waals surface area contributed by atoms with Crippen LogP contribution >= 0.6 is 0 Å². The highest BCUT2D eigenvalue weighted by Crippen LogP contribution is 1.98. The van der Waals surface area contributed by atoms with E-state index in [0.29, 0.717) is 6.54 Å². The number of ether oxygens (including phenoxy) is 1. The van der Waals surface area contributed by atoms with Crippen LogP contribution < -0.4 is 5.32 Å². The highest BCUT2D eigenvalue weighted by atomic mass is 16.5. The SMILES string of the molecule is CCCn1ccnc1CNCC(=O)OC. The average Bonchev–Trinajstić information content (AvgIpc) is 2.66. The van der Waals surface area contributed by atoms with E-state index in [2.05, 4.69) is 26.5 Å². The van der Waals surface area contributed by atoms with Crippen molar-refractivity contribution in [3.05, 3.63) is 18.2 Å². The van der Waals surface area contributed by atoms with Gasteiger partial charge in [0.05, 0.1) is 20.2 Å². The lowest BCUT2D eigenvalue weighted by molar-refractivity contribution is -0.139. The molecule has 1 N–H and O–H groups in total. The number of rotatable bonds is 6. The topological polar surface area (TPSA) is 56.2 Å². The summed E-state index contributed by atoms with van der Waals surface area (Å²) in [4.78, 5) is 15.0. The van der Waals surface area contributed by atoms with Gasteiger partial charge in [0.1, 0.15) is 5.82 Å². The van der Waals surface area contributed by atoms with Gasteiger partial charge >= 0.3 is 5.97 Å². The first-order valence-electron chi connectivity index (χ1n) is 5.05. The highest BCUT2D eigenvalue weighted by molar-refractivity contribution is 5.71. The van der Waals surface area contributed by atoms with Crippen LogP contribution in [0.1, 0.15) is 19.2 Å². The molecule has 84 valence electrons. The molecule has 0 amide bonds. The summed E-state index contributed by atoms with van der Waals surface area (Å²) in [5, 5.41) is 2.98. The number of carbonyl (C=O) groups excluding carboxylic acids is 1. The average molecular weight is 211 g/mol. The van der Waals surface area contributed by atoms with Gasteiger partial charge in [0, 0.05) is 18.9 Å². The van der Waals surface area contributed by atoms with Gasteiger partial charge in [-0.2, -0.15) is 0 Å². The van der Waals surface area contributed by atoms with E-state index in [4.69, 9.17) is 0 Å². The standard InChI is InChI=1S/C10H17N3O2/c1-3-5-13-6-4-12-9(13)7-11-8-10(14)15-2/h4,6,11H,3,5,7-8H2,1-2H3. The predicted octanol–water partition coefficient (Wildman–Crippen LogP) is 0.556. The number of hydrogen-bond donors (Lipinski definition) is 1. The van der Waals surface area contributed by atoms with Crippen molar-refractivity contribution in [3.8, 4) is 0 Å². The zero-order valence-corrected chi connectivity index (χ0v) is 9.19. The van der Waals surface area contributed by atoms with Crippen LogP contribution in [0.15, 0.2) is 12.4 Å². The molecule has 15 heavy (non-hydrogen) atoms. The second kappa shape index (κ2) is 6.19. The van der Waals surface area contributed by atoms with Gasteiger partial charge in [-0.25, -0.2) is 4.98 Å². The van der Waals surface area contributed by atoms with E-state index >= 15 is 0 Å². The number of nitrogens with one attached hydrogen (secondary N) is 1. The van der Waals surface area contributed by atoms with Gasteiger partial charge in [-0.15, -0.1) is 0 Å². The van der Waals surface area contributed by atoms with Crippen LogP contribution in [0.5, 0.6) is 0 Å². The van der Waals surface area contributed by atoms with Crippen molar-refractivity contribution in [1.29, 1.82) is 0 Å². The van der Waals surface area contributed by atoms with Gasteiger partial charge in [0.15, 0.2) is 0 Å². The number of imidazole rings is 1. The molecule has 0 fully saturated rings. The minimum Gasteiger partial charge on any atom is -0.468 e. The molecule has 0 radical (unpaired) electrons. The Morgan fingerprint density at radius 1 is 1.67 bits per heavy atom. The zero-order valence-electron chi connectivity index (χ0n) is 9.19. The van der Waals surface area contributed by atoms with Gasteiger partial charge in [-0.3, -0.25) is 10.1 Å². The first kappa shape index (κ1) is 11.7. The van der Waals surface area contributed by atoms with Crippen molar-refractivity contribution in [2.45, 2.75) is 26.4 Å². The molecule has 1 aromatic heterocycles. The smallest absolute Gasteiger partial charge is 0.319 e. The number of methoxy groups -OCH3 is 1. The fourth-order valence-electron chi connectivity index (χ4n) is 1.30. The lowest BCUT2D eigenvalue weighted by atomic mass is 10.4. The van der Waals surface area contributed by atoms with Crippen LogP contribution in [0.2, 0.25) is 0 Å². The molecule has 5 heteroatoms. The quantitative estimate of drug-likeness (QED) is 0.698. The van der Waals surface area contributed by atoms with Crippen molar-refractivity contribution in [2.24, 2.45) is 0 Å². The number of hydrogen-bond acceptors (Lipinski definition) is 4. The summed E-state index contributed by atoms with van der Waals surface area (Å²) in [5.41, 5.74) is 0. The Morgan fingerprint density at radius 2 is 2.47 bits per heavy atom. The molecule has 0 unspecified atom stereocenters. The fourth-order valence-corrected chi connectivity index (χ4v) is 1.30. The first-order valence-corrected chi connectivity index (χ1v) is 5.05. The van der Waals surface area contributed by atoms with E-state index in [0.717, 1.165) is 18.8 Å². The lowest BCUT2D eigenvalue weighted by Gasteiger charge is -2.06. The number of carbonyl (C=O) groups is 1. The second-order valence-corrected chi connectivity index (χ2v) is 3.22. The summed E-state index contributed by atoms with van der Waals surface area (Å²) in [5.74, 6) is 0.685. The summed E-state index contributed by atoms with van der Waals surface area (Å²) in [6, 6.07) is 0. The Labute approximate surface area is 89.4 Å². The molecule has 0 aliphatic heterocycles. The van der Waals surface area contributed by atoms with Crippen LogP contribution in [0, 0.1) is 0 Å². The van der Waals surface area contributed by atoms with Gasteiger partial charge in [0.2, 0.25) is 0 Å². The Morgan fingerprint density at radius 3 is 3.13 bits per heavy atom. The van der Waals surface area contributed by atoms with Gasteiger partial charge in [-0.1, -0.05) is 6.92 Å². The molecule has 0 bridgehead atoms. The third kappa shape index (κ3) is 3.71. The van der Waals surface area contributed by atoms with Crippen LogP contribution in [0.3, 0.4) is 0 Å². The van der Waals surface area contributed by atoms with E-state index < -0.39 is 0 Å². The van der Waals surface area contributed by atoms with Crippen molar-refractivity contribution in [1.82, 2.24) is 14.9 Å². The normalized spacial score (nSPS) is 10.3. The van der Waals surface area contributed by atoms with Crippen LogP contribution in [0.4, 0.5) is 0 Å². The maximum Gasteiger partial charge on any atom is 0.319 e. The molecule has 0 saturated carbocycles. The molecule has 1 rings (SSSR count). The molecule has 1 aromatic rings. The lowest BCUT2D eigenvalue weighted by Crippen LogP contribution is -2.25. The highest BCUT2D eigenvalue weighted by Gasteiger charge is 2.03. The molecule has 0 spiro atoms. The van der Waals surface area contributed by atoms with Crippen molar-refractivity contribution >= 4 is 5.97 Å². The zero-order chi connectivity index (χ0) is 11.1. The molecular formula is C10H17N3O2. The molecule has 0 aliphatic rings. The van der Waals surface area contributed by atoms with Crippen molar-refractivity contribution < 1.29 is 9.53 Å². The summed E-state index contributed by atoms with van der Waals surface area (Å²) in [6.45, 7) is 3.87. The van der Waals surface area contributed by atoms with Crippen LogP contribution in [-0.2, 0) is 22.6 Å². The van der Waals surface area contributed by atoms with Crippen LogP contribution in [0.25, 0.3) is 0 Å². The third-order valence-electron chi connectivity index (χ3n) is 2.05. The van der Waals surface area contributed by atoms with Crippen molar-refractivity contribution in [2.75, 3.05) is 13.7 Å². The van der Waals surface area contributed by atoms with E-state index in [1.807, 2.05) is 6.20 Å². The summed E-state index contributed by atoms with van der Waals surface area (Å²) in [6.07, 6.45) is 4.78. The van der Waals surface area contributed by atoms with Gasteiger partial charge in [0.25, 0.3) is 0 Å². The maximum absolute atomic E-state index is 10.8. The van der Waals surface area contributed by atoms with Gasteiger partial charge < -0.3 is 9.30 Å². The Balaban J connectivity index is 2.36.